The molecule has 8 nitrogen and oxygen atoms in total. The Morgan fingerprint density at radius 1 is 1.24 bits per heavy atom. The second-order valence-electron chi connectivity index (χ2n) is 7.23. The Labute approximate surface area is 169 Å². The summed E-state index contributed by atoms with van der Waals surface area (Å²) in [5.41, 5.74) is 6.97. The van der Waals surface area contributed by atoms with Gasteiger partial charge in [-0.1, -0.05) is 0 Å². The molecule has 1 fully saturated rings. The topological polar surface area (TPSA) is 112 Å². The van der Waals surface area contributed by atoms with Crippen molar-refractivity contribution in [1.29, 1.82) is 5.41 Å². The van der Waals surface area contributed by atoms with Crippen molar-refractivity contribution >= 4 is 17.2 Å². The van der Waals surface area contributed by atoms with Crippen LogP contribution in [0.5, 0.6) is 5.75 Å². The summed E-state index contributed by atoms with van der Waals surface area (Å²) >= 11 is 0. The molecule has 0 saturated carbocycles. The molecular weight excluding hydrogens is 375 g/mol. The molecule has 1 aromatic heterocycles. The monoisotopic (exact) mass is 402 g/mol. The van der Waals surface area contributed by atoms with Crippen LogP contribution in [-0.4, -0.2) is 71.1 Å². The third-order valence-electron chi connectivity index (χ3n) is 4.76. The summed E-state index contributed by atoms with van der Waals surface area (Å²) in [5, 5.41) is 17.6. The first-order valence-corrected chi connectivity index (χ1v) is 9.64. The number of β-amino-alcohol motifs (C(OH)–C–C–N with tert-alkyl or cyclic N) is 1. The third-order valence-corrected chi connectivity index (χ3v) is 4.76. The maximum atomic E-state index is 14.1. The highest BCUT2D eigenvalue weighted by Gasteiger charge is 2.20. The van der Waals surface area contributed by atoms with Crippen molar-refractivity contribution in [3.05, 3.63) is 41.6 Å². The number of nitrogens with two attached hydrogens (primary N) is 1. The van der Waals surface area contributed by atoms with Gasteiger partial charge in [-0.15, -0.1) is 0 Å². The molecule has 0 amide bonds. The number of benzene rings is 1. The van der Waals surface area contributed by atoms with Crippen LogP contribution in [0.15, 0.2) is 24.5 Å². The van der Waals surface area contributed by atoms with Crippen molar-refractivity contribution in [2.75, 3.05) is 50.0 Å². The van der Waals surface area contributed by atoms with E-state index in [1.807, 2.05) is 0 Å². The van der Waals surface area contributed by atoms with E-state index >= 15 is 0 Å². The van der Waals surface area contributed by atoms with Crippen molar-refractivity contribution in [3.8, 4) is 5.75 Å². The van der Waals surface area contributed by atoms with Crippen LogP contribution in [-0.2, 0) is 0 Å². The minimum Gasteiger partial charge on any atom is -0.488 e. The number of rotatable bonds is 7. The zero-order valence-electron chi connectivity index (χ0n) is 16.7. The summed E-state index contributed by atoms with van der Waals surface area (Å²) in [6.07, 6.45) is 1.22. The van der Waals surface area contributed by atoms with E-state index in [0.29, 0.717) is 17.8 Å². The second-order valence-corrected chi connectivity index (χ2v) is 7.23. The largest absolute Gasteiger partial charge is 0.488 e. The summed E-state index contributed by atoms with van der Waals surface area (Å²) in [6, 6.07) is 4.36. The fraction of sp³-hybridized carbons (Fsp3) is 0.450. The highest BCUT2D eigenvalue weighted by molar-refractivity contribution is 6.13. The Bertz CT molecular complexity index is 868. The molecule has 29 heavy (non-hydrogen) atoms. The van der Waals surface area contributed by atoms with E-state index in [9.17, 15) is 4.39 Å². The predicted molar refractivity (Wildman–Crippen MR) is 110 cm³/mol. The van der Waals surface area contributed by atoms with Crippen LogP contribution < -0.4 is 15.4 Å². The van der Waals surface area contributed by atoms with Gasteiger partial charge >= 0.3 is 0 Å². The molecule has 2 aromatic rings. The minimum absolute atomic E-state index is 0.0586. The van der Waals surface area contributed by atoms with Gasteiger partial charge in [-0.05, 0) is 19.9 Å². The lowest BCUT2D eigenvalue weighted by atomic mass is 10.0. The number of aromatic nitrogens is 2. The van der Waals surface area contributed by atoms with Crippen molar-refractivity contribution in [2.24, 2.45) is 0 Å². The number of hydrogen-bond acceptors (Lipinski definition) is 8. The summed E-state index contributed by atoms with van der Waals surface area (Å²) in [5.74, 6) is 0.225. The summed E-state index contributed by atoms with van der Waals surface area (Å²) in [6.45, 7) is 7.63. The van der Waals surface area contributed by atoms with Crippen LogP contribution in [0.1, 0.15) is 25.1 Å². The fourth-order valence-corrected chi connectivity index (χ4v) is 3.27. The average Bonchev–Trinajstić information content (AvgIpc) is 2.70. The third kappa shape index (κ3) is 4.99. The number of nitrogens with one attached hydrogen (secondary N) is 1. The number of ether oxygens (including phenoxy) is 1. The Morgan fingerprint density at radius 2 is 1.97 bits per heavy atom. The Hall–Kier alpha value is -2.78. The molecule has 0 aliphatic carbocycles. The van der Waals surface area contributed by atoms with Crippen LogP contribution in [0.4, 0.5) is 15.9 Å². The molecule has 1 saturated heterocycles. The van der Waals surface area contributed by atoms with Gasteiger partial charge < -0.3 is 20.5 Å². The number of nitrogens with zero attached hydrogens (tertiary/aromatic N) is 4. The van der Waals surface area contributed by atoms with Gasteiger partial charge in [0, 0.05) is 56.1 Å². The molecule has 9 heteroatoms. The van der Waals surface area contributed by atoms with E-state index in [1.165, 1.54) is 18.5 Å². The number of hydrogen-bond donors (Lipinski definition) is 3. The quantitative estimate of drug-likeness (QED) is 0.475. The Kier molecular flexibility index (Phi) is 6.60. The molecule has 1 aliphatic rings. The van der Waals surface area contributed by atoms with Crippen LogP contribution in [0.25, 0.3) is 0 Å². The molecule has 4 N–H and O–H groups in total. The van der Waals surface area contributed by atoms with Gasteiger partial charge in [-0.25, -0.2) is 14.4 Å². The molecule has 0 spiro atoms. The highest BCUT2D eigenvalue weighted by Crippen LogP contribution is 2.27. The van der Waals surface area contributed by atoms with E-state index in [0.717, 1.165) is 32.0 Å². The van der Waals surface area contributed by atoms with Crippen LogP contribution in [0.2, 0.25) is 0 Å². The van der Waals surface area contributed by atoms with Gasteiger partial charge in [0.15, 0.2) is 11.6 Å². The van der Waals surface area contributed by atoms with Gasteiger partial charge in [0.25, 0.3) is 0 Å². The first kappa shape index (κ1) is 20.9. The molecule has 2 heterocycles. The average molecular weight is 402 g/mol. The highest BCUT2D eigenvalue weighted by atomic mass is 19.1. The maximum absolute atomic E-state index is 14.1. The lowest BCUT2D eigenvalue weighted by Gasteiger charge is -2.35. The predicted octanol–water partition coefficient (Wildman–Crippen LogP) is 1.52. The SMILES string of the molecule is CC(C)Oc1cc(C(=N)c2cc(N3CCN(CCO)CC3)ncn2)c(N)cc1F. The number of halogens is 1. The lowest BCUT2D eigenvalue weighted by molar-refractivity contribution is 0.188. The number of anilines is 2. The van der Waals surface area contributed by atoms with Crippen molar-refractivity contribution in [1.82, 2.24) is 14.9 Å². The van der Waals surface area contributed by atoms with E-state index in [-0.39, 0.29) is 29.9 Å². The molecule has 3 rings (SSSR count). The number of aliphatic hydroxyl groups is 1. The van der Waals surface area contributed by atoms with Crippen molar-refractivity contribution in [3.63, 3.8) is 0 Å². The smallest absolute Gasteiger partial charge is 0.167 e. The number of nitrogen functional groups attached to an aromatic ring is 1. The van der Waals surface area contributed by atoms with Gasteiger partial charge in [-0.3, -0.25) is 10.3 Å². The number of piperazine rings is 1. The fourth-order valence-electron chi connectivity index (χ4n) is 3.27. The zero-order valence-corrected chi connectivity index (χ0v) is 16.7. The summed E-state index contributed by atoms with van der Waals surface area (Å²) in [7, 11) is 0. The Balaban J connectivity index is 1.81. The minimum atomic E-state index is -0.558. The molecule has 0 unspecified atom stereocenters. The molecule has 0 bridgehead atoms. The van der Waals surface area contributed by atoms with Crippen LogP contribution in [0, 0.1) is 11.2 Å². The number of aliphatic hydroxyl groups excluding tert-OH is 1. The van der Waals surface area contributed by atoms with E-state index in [1.54, 1.807) is 19.9 Å². The standard InChI is InChI=1S/C20H27FN6O2/c1-13(2)29-18-9-14(16(22)10-15(18)21)20(23)17-11-19(25-12-24-17)27-5-3-26(4-6-27)7-8-28/h9-13,23,28H,3-8,22H2,1-2H3. The lowest BCUT2D eigenvalue weighted by Crippen LogP contribution is -2.47. The molecular formula is C20H27FN6O2. The van der Waals surface area contributed by atoms with Crippen LogP contribution >= 0.6 is 0 Å². The molecule has 1 aliphatic heterocycles. The van der Waals surface area contributed by atoms with Gasteiger partial charge in [-0.2, -0.15) is 0 Å². The molecule has 0 radical (unpaired) electrons. The Morgan fingerprint density at radius 3 is 2.62 bits per heavy atom. The van der Waals surface area contributed by atoms with E-state index < -0.39 is 5.82 Å². The van der Waals surface area contributed by atoms with Crippen molar-refractivity contribution in [2.45, 2.75) is 20.0 Å². The van der Waals surface area contributed by atoms with E-state index in [4.69, 9.17) is 21.0 Å². The first-order valence-electron chi connectivity index (χ1n) is 9.64. The molecule has 0 atom stereocenters. The summed E-state index contributed by atoms with van der Waals surface area (Å²) in [4.78, 5) is 12.9. The normalized spacial score (nSPS) is 15.0. The second kappa shape index (κ2) is 9.15. The summed E-state index contributed by atoms with van der Waals surface area (Å²) < 4.78 is 19.6. The van der Waals surface area contributed by atoms with Gasteiger partial charge in [0.1, 0.15) is 12.1 Å². The zero-order chi connectivity index (χ0) is 21.0. The molecule has 156 valence electrons. The van der Waals surface area contributed by atoms with Gasteiger partial charge in [0.2, 0.25) is 0 Å². The van der Waals surface area contributed by atoms with Crippen LogP contribution in [0.3, 0.4) is 0 Å². The maximum Gasteiger partial charge on any atom is 0.167 e. The van der Waals surface area contributed by atoms with Crippen molar-refractivity contribution < 1.29 is 14.2 Å². The first-order chi connectivity index (χ1) is 13.9. The van der Waals surface area contributed by atoms with Gasteiger partial charge in [0.05, 0.1) is 24.1 Å². The molecule has 1 aromatic carbocycles. The van der Waals surface area contributed by atoms with E-state index in [2.05, 4.69) is 19.8 Å².